The highest BCUT2D eigenvalue weighted by Crippen LogP contribution is 1.98. The summed E-state index contributed by atoms with van der Waals surface area (Å²) in [4.78, 5) is 29.7. The Labute approximate surface area is 164 Å². The third-order valence-electron chi connectivity index (χ3n) is 2.74. The van der Waals surface area contributed by atoms with E-state index in [-0.39, 0.29) is 13.0 Å². The van der Waals surface area contributed by atoms with E-state index in [2.05, 4.69) is 21.1 Å². The van der Waals surface area contributed by atoms with Crippen LogP contribution in [0, 0.1) is 0 Å². The molecule has 0 amide bonds. The quantitative estimate of drug-likeness (QED) is 0.192. The molecule has 0 rings (SSSR count). The largest absolute Gasteiger partial charge is 0.481 e. The molecule has 0 aromatic carbocycles. The summed E-state index contributed by atoms with van der Waals surface area (Å²) in [5, 5.41) is 58.4. The molecule has 0 aliphatic heterocycles. The van der Waals surface area contributed by atoms with Gasteiger partial charge in [0.25, 0.3) is 0 Å². The summed E-state index contributed by atoms with van der Waals surface area (Å²) < 4.78 is 1.42. The number of hydrogen-bond acceptors (Lipinski definition) is 7. The van der Waals surface area contributed by atoms with Crippen LogP contribution in [0.1, 0.15) is 6.42 Å². The van der Waals surface area contributed by atoms with E-state index >= 15 is 0 Å². The SMILES string of the molecule is C[N+](C)(C)CCO.C[N+](C)(C)C[C@@H](O)CC(=O)O.O=C(O)C(O)C(O)C(=O)O. The van der Waals surface area contributed by atoms with Crippen molar-refractivity contribution in [3.63, 3.8) is 0 Å². The predicted molar refractivity (Wildman–Crippen MR) is 98.4 cm³/mol. The Balaban J connectivity index is -0.000000343. The average Bonchev–Trinajstić information content (AvgIpc) is 2.42. The number of carboxylic acids is 3. The number of hydrogen-bond donors (Lipinski definition) is 7. The second-order valence-corrected chi connectivity index (χ2v) is 8.03. The van der Waals surface area contributed by atoms with Gasteiger partial charge in [-0.25, -0.2) is 9.59 Å². The zero-order valence-electron chi connectivity index (χ0n) is 17.3. The van der Waals surface area contributed by atoms with Crippen molar-refractivity contribution in [3.8, 4) is 0 Å². The molecule has 0 saturated heterocycles. The molecule has 3 atom stereocenters. The molecule has 0 spiro atoms. The fourth-order valence-corrected chi connectivity index (χ4v) is 1.47. The van der Waals surface area contributed by atoms with Crippen molar-refractivity contribution < 1.29 is 59.1 Å². The molecule has 28 heavy (non-hydrogen) atoms. The Morgan fingerprint density at radius 3 is 1.25 bits per heavy atom. The molecule has 168 valence electrons. The van der Waals surface area contributed by atoms with Crippen LogP contribution >= 0.6 is 0 Å². The van der Waals surface area contributed by atoms with Gasteiger partial charge >= 0.3 is 17.9 Å². The molecule has 0 aliphatic carbocycles. The van der Waals surface area contributed by atoms with Crippen LogP contribution in [-0.4, -0.2) is 143 Å². The summed E-state index contributed by atoms with van der Waals surface area (Å²) in [7, 11) is 11.9. The third-order valence-corrected chi connectivity index (χ3v) is 2.74. The van der Waals surface area contributed by atoms with Crippen LogP contribution in [0.5, 0.6) is 0 Å². The number of likely N-dealkylation sites (N-methyl/N-ethyl adjacent to an activating group) is 2. The molecule has 0 aromatic heterocycles. The Morgan fingerprint density at radius 1 is 0.750 bits per heavy atom. The van der Waals surface area contributed by atoms with E-state index in [1.165, 1.54) is 0 Å². The van der Waals surface area contributed by atoms with E-state index in [4.69, 9.17) is 35.7 Å². The number of nitrogens with zero attached hydrogens (tertiary/aromatic N) is 2. The number of carboxylic acid groups (broad SMARTS) is 3. The van der Waals surface area contributed by atoms with E-state index in [0.717, 1.165) is 11.0 Å². The molecule has 0 fully saturated rings. The molecule has 0 bridgehead atoms. The van der Waals surface area contributed by atoms with Crippen LogP contribution < -0.4 is 0 Å². The molecule has 2 unspecified atom stereocenters. The van der Waals surface area contributed by atoms with Crippen LogP contribution in [0.2, 0.25) is 0 Å². The zero-order chi connectivity index (χ0) is 23.3. The fraction of sp³-hybridized carbons (Fsp3) is 0.812. The summed E-state index contributed by atoms with van der Waals surface area (Å²) in [6.45, 7) is 1.58. The van der Waals surface area contributed by atoms with Gasteiger partial charge in [-0.1, -0.05) is 0 Å². The first-order chi connectivity index (χ1) is 12.3. The first kappa shape index (κ1) is 30.9. The molecular formula is C16H36N2O10+2. The van der Waals surface area contributed by atoms with Gasteiger partial charge in [-0.05, 0) is 0 Å². The number of aliphatic hydroxyl groups excluding tert-OH is 4. The summed E-state index contributed by atoms with van der Waals surface area (Å²) in [5.74, 6) is -4.49. The molecule has 0 saturated carbocycles. The van der Waals surface area contributed by atoms with Crippen LogP contribution in [0.4, 0.5) is 0 Å². The maximum absolute atomic E-state index is 10.1. The topological polar surface area (TPSA) is 193 Å². The Morgan fingerprint density at radius 2 is 1.11 bits per heavy atom. The first-order valence-corrected chi connectivity index (χ1v) is 8.27. The predicted octanol–water partition coefficient (Wildman–Crippen LogP) is -2.91. The van der Waals surface area contributed by atoms with Crippen molar-refractivity contribution in [2.24, 2.45) is 0 Å². The molecule has 0 aliphatic rings. The minimum atomic E-state index is -2.27. The van der Waals surface area contributed by atoms with Crippen molar-refractivity contribution in [1.29, 1.82) is 0 Å². The van der Waals surface area contributed by atoms with Crippen molar-refractivity contribution >= 4 is 17.9 Å². The molecule has 0 aromatic rings. The van der Waals surface area contributed by atoms with Gasteiger partial charge in [0.2, 0.25) is 0 Å². The van der Waals surface area contributed by atoms with Crippen molar-refractivity contribution in [2.75, 3.05) is 62.0 Å². The summed E-state index contributed by atoms with van der Waals surface area (Å²) >= 11 is 0. The number of aliphatic carboxylic acids is 3. The lowest BCUT2D eigenvalue weighted by Gasteiger charge is -2.25. The second-order valence-electron chi connectivity index (χ2n) is 8.03. The van der Waals surface area contributed by atoms with E-state index in [9.17, 15) is 14.4 Å². The lowest BCUT2D eigenvalue weighted by atomic mass is 10.2. The van der Waals surface area contributed by atoms with Crippen LogP contribution in [0.25, 0.3) is 0 Å². The van der Waals surface area contributed by atoms with Crippen LogP contribution in [0.3, 0.4) is 0 Å². The van der Waals surface area contributed by atoms with E-state index in [0.29, 0.717) is 11.0 Å². The van der Waals surface area contributed by atoms with Crippen LogP contribution in [-0.2, 0) is 14.4 Å². The molecule has 0 heterocycles. The van der Waals surface area contributed by atoms with Gasteiger partial charge in [-0.15, -0.1) is 0 Å². The molecule has 0 radical (unpaired) electrons. The summed E-state index contributed by atoms with van der Waals surface area (Å²) in [5.41, 5.74) is 0. The van der Waals surface area contributed by atoms with Crippen molar-refractivity contribution in [1.82, 2.24) is 0 Å². The number of carbonyl (C=O) groups is 3. The normalized spacial score (nSPS) is 14.4. The van der Waals surface area contributed by atoms with Gasteiger partial charge in [0.1, 0.15) is 19.2 Å². The maximum atomic E-state index is 10.1. The zero-order valence-corrected chi connectivity index (χ0v) is 17.3. The summed E-state index contributed by atoms with van der Waals surface area (Å²) in [6.07, 6.45) is -5.45. The molecular weight excluding hydrogens is 380 g/mol. The second kappa shape index (κ2) is 14.2. The van der Waals surface area contributed by atoms with Gasteiger partial charge in [-0.2, -0.15) is 0 Å². The van der Waals surface area contributed by atoms with E-state index < -0.39 is 36.2 Å². The molecule has 12 nitrogen and oxygen atoms in total. The molecule has 7 N–H and O–H groups in total. The minimum absolute atomic E-state index is 0.171. The monoisotopic (exact) mass is 416 g/mol. The van der Waals surface area contributed by atoms with E-state index in [1.807, 2.05) is 21.1 Å². The third kappa shape index (κ3) is 24.2. The highest BCUT2D eigenvalue weighted by Gasteiger charge is 2.29. The van der Waals surface area contributed by atoms with Crippen molar-refractivity contribution in [2.45, 2.75) is 24.7 Å². The smallest absolute Gasteiger partial charge is 0.335 e. The Bertz CT molecular complexity index is 453. The number of aliphatic hydroxyl groups is 4. The van der Waals surface area contributed by atoms with Gasteiger partial charge in [0, 0.05) is 0 Å². The van der Waals surface area contributed by atoms with Crippen molar-refractivity contribution in [3.05, 3.63) is 0 Å². The Kier molecular flexibility index (Phi) is 15.7. The highest BCUT2D eigenvalue weighted by atomic mass is 16.4. The lowest BCUT2D eigenvalue weighted by Crippen LogP contribution is -2.42. The minimum Gasteiger partial charge on any atom is -0.481 e. The Hall–Kier alpha value is -1.83. The van der Waals surface area contributed by atoms with Gasteiger partial charge in [0.05, 0.1) is 55.3 Å². The summed E-state index contributed by atoms with van der Waals surface area (Å²) in [6, 6.07) is 0. The van der Waals surface area contributed by atoms with E-state index in [1.54, 1.807) is 0 Å². The first-order valence-electron chi connectivity index (χ1n) is 8.27. The van der Waals surface area contributed by atoms with Gasteiger partial charge < -0.3 is 44.7 Å². The maximum Gasteiger partial charge on any atom is 0.335 e. The lowest BCUT2D eigenvalue weighted by molar-refractivity contribution is -0.873. The number of rotatable bonds is 9. The number of quaternary nitrogens is 2. The average molecular weight is 416 g/mol. The highest BCUT2D eigenvalue weighted by molar-refractivity contribution is 5.83. The molecule has 12 heteroatoms. The standard InChI is InChI=1S/C7H15NO3.C5H14NO.C4H6O6/c1-8(2,3)5-6(9)4-7(10)11;1-6(2,3)4-5-7;5-1(3(7)8)2(6)4(9)10/h6,9H,4-5H2,1-3H3;7H,4-5H2,1-3H3;1-2,5-6H,(H,7,8)(H,9,10)/q;+1;/p+1/t6-;;/m0../s1. The fourth-order valence-electron chi connectivity index (χ4n) is 1.47. The van der Waals surface area contributed by atoms with Gasteiger partial charge in [0.15, 0.2) is 12.2 Å². The van der Waals surface area contributed by atoms with Gasteiger partial charge in [-0.3, -0.25) is 4.79 Å². The van der Waals surface area contributed by atoms with Crippen LogP contribution in [0.15, 0.2) is 0 Å².